The number of ether oxygens (including phenoxy) is 1. The van der Waals surface area contributed by atoms with Gasteiger partial charge in [0, 0.05) is 23.4 Å². The van der Waals surface area contributed by atoms with Crippen molar-refractivity contribution in [2.45, 2.75) is 19.9 Å². The predicted octanol–water partition coefficient (Wildman–Crippen LogP) is 3.21. The van der Waals surface area contributed by atoms with Crippen LogP contribution < -0.4 is 10.6 Å². The van der Waals surface area contributed by atoms with Crippen LogP contribution in [0.25, 0.3) is 11.3 Å². The second-order valence-corrected chi connectivity index (χ2v) is 6.21. The quantitative estimate of drug-likeness (QED) is 0.349. The number of hydrogen-bond donors (Lipinski definition) is 2. The lowest BCUT2D eigenvalue weighted by Gasteiger charge is -2.28. The standard InChI is InChI=1S/C18H17N3O5S/c1-3-25-17(22)15-10(2)19-18(27)20-16(15)14-8-7-13(26-14)11-5-4-6-12(9-11)21(23)24/h4-9,16H,3H2,1-2H3,(H2,19,20,27)/t16-/m0/s1. The van der Waals surface area contributed by atoms with Gasteiger partial charge in [-0.15, -0.1) is 0 Å². The summed E-state index contributed by atoms with van der Waals surface area (Å²) < 4.78 is 11.0. The van der Waals surface area contributed by atoms with Gasteiger partial charge in [-0.2, -0.15) is 0 Å². The Morgan fingerprint density at radius 3 is 2.85 bits per heavy atom. The summed E-state index contributed by atoms with van der Waals surface area (Å²) in [6.07, 6.45) is 0. The zero-order chi connectivity index (χ0) is 19.6. The van der Waals surface area contributed by atoms with Crippen LogP contribution in [0, 0.1) is 10.1 Å². The van der Waals surface area contributed by atoms with E-state index in [1.165, 1.54) is 12.1 Å². The number of carbonyl (C=O) groups is 1. The van der Waals surface area contributed by atoms with Crippen LogP contribution in [-0.2, 0) is 9.53 Å². The Kier molecular flexibility index (Phi) is 5.22. The largest absolute Gasteiger partial charge is 0.463 e. The van der Waals surface area contributed by atoms with Crippen LogP contribution in [0.1, 0.15) is 25.6 Å². The molecule has 140 valence electrons. The summed E-state index contributed by atoms with van der Waals surface area (Å²) in [5.41, 5.74) is 1.47. The molecule has 1 aromatic heterocycles. The molecule has 0 bridgehead atoms. The van der Waals surface area contributed by atoms with E-state index in [0.717, 1.165) is 0 Å². The summed E-state index contributed by atoms with van der Waals surface area (Å²) in [6.45, 7) is 3.70. The van der Waals surface area contributed by atoms with Crippen LogP contribution in [0.2, 0.25) is 0 Å². The minimum Gasteiger partial charge on any atom is -0.463 e. The highest BCUT2D eigenvalue weighted by Crippen LogP contribution is 2.32. The summed E-state index contributed by atoms with van der Waals surface area (Å²) in [5, 5.41) is 17.3. The van der Waals surface area contributed by atoms with E-state index in [1.807, 2.05) is 0 Å². The second kappa shape index (κ2) is 7.58. The van der Waals surface area contributed by atoms with Gasteiger partial charge in [0.15, 0.2) is 5.11 Å². The molecule has 3 rings (SSSR count). The van der Waals surface area contributed by atoms with Crippen molar-refractivity contribution in [2.75, 3.05) is 6.61 Å². The smallest absolute Gasteiger partial charge is 0.338 e. The van der Waals surface area contributed by atoms with Crippen molar-refractivity contribution in [2.24, 2.45) is 0 Å². The van der Waals surface area contributed by atoms with Crippen molar-refractivity contribution < 1.29 is 18.9 Å². The van der Waals surface area contributed by atoms with Crippen molar-refractivity contribution in [1.82, 2.24) is 10.6 Å². The third-order valence-corrected chi connectivity index (χ3v) is 4.24. The van der Waals surface area contributed by atoms with E-state index < -0.39 is 16.9 Å². The van der Waals surface area contributed by atoms with Gasteiger partial charge in [-0.25, -0.2) is 4.79 Å². The average Bonchev–Trinajstić information content (AvgIpc) is 3.11. The molecule has 0 radical (unpaired) electrons. The van der Waals surface area contributed by atoms with Crippen molar-refractivity contribution in [3.05, 3.63) is 63.5 Å². The summed E-state index contributed by atoms with van der Waals surface area (Å²) in [4.78, 5) is 22.9. The first kappa shape index (κ1) is 18.6. The fraction of sp³-hybridized carbons (Fsp3) is 0.222. The maximum absolute atomic E-state index is 12.4. The maximum Gasteiger partial charge on any atom is 0.338 e. The van der Waals surface area contributed by atoms with E-state index in [1.54, 1.807) is 38.1 Å². The number of carbonyl (C=O) groups excluding carboxylic acids is 1. The van der Waals surface area contributed by atoms with E-state index in [2.05, 4.69) is 10.6 Å². The Labute approximate surface area is 160 Å². The molecule has 1 aliphatic rings. The number of allylic oxidation sites excluding steroid dienone is 1. The second-order valence-electron chi connectivity index (χ2n) is 5.80. The molecule has 0 aliphatic carbocycles. The fourth-order valence-corrected chi connectivity index (χ4v) is 3.09. The molecule has 2 heterocycles. The van der Waals surface area contributed by atoms with Gasteiger partial charge in [0.05, 0.1) is 17.1 Å². The highest BCUT2D eigenvalue weighted by Gasteiger charge is 2.33. The van der Waals surface area contributed by atoms with Gasteiger partial charge in [-0.1, -0.05) is 12.1 Å². The number of esters is 1. The van der Waals surface area contributed by atoms with Gasteiger partial charge in [-0.05, 0) is 38.2 Å². The van der Waals surface area contributed by atoms with Crippen molar-refractivity contribution in [1.29, 1.82) is 0 Å². The fourth-order valence-electron chi connectivity index (χ4n) is 2.82. The summed E-state index contributed by atoms with van der Waals surface area (Å²) in [7, 11) is 0. The van der Waals surface area contributed by atoms with E-state index >= 15 is 0 Å². The molecule has 1 aromatic carbocycles. The number of nitrogens with one attached hydrogen (secondary N) is 2. The molecule has 8 nitrogen and oxygen atoms in total. The molecular formula is C18H17N3O5S. The number of benzene rings is 1. The summed E-state index contributed by atoms with van der Waals surface area (Å²) in [5.74, 6) is 0.416. The Morgan fingerprint density at radius 2 is 2.15 bits per heavy atom. The van der Waals surface area contributed by atoms with Crippen LogP contribution in [0.3, 0.4) is 0 Å². The van der Waals surface area contributed by atoms with Gasteiger partial charge >= 0.3 is 5.97 Å². The number of nitro groups is 1. The van der Waals surface area contributed by atoms with E-state index in [-0.39, 0.29) is 12.3 Å². The number of nitro benzene ring substituents is 1. The lowest BCUT2D eigenvalue weighted by atomic mass is 10.0. The monoisotopic (exact) mass is 387 g/mol. The first-order valence-electron chi connectivity index (χ1n) is 8.20. The molecule has 0 spiro atoms. The zero-order valence-corrected chi connectivity index (χ0v) is 15.5. The molecule has 9 heteroatoms. The molecule has 0 amide bonds. The molecule has 0 fully saturated rings. The Balaban J connectivity index is 1.97. The van der Waals surface area contributed by atoms with Crippen LogP contribution in [-0.4, -0.2) is 22.6 Å². The molecule has 2 aromatic rings. The van der Waals surface area contributed by atoms with Crippen LogP contribution in [0.5, 0.6) is 0 Å². The van der Waals surface area contributed by atoms with E-state index in [0.29, 0.717) is 33.5 Å². The Hall–Kier alpha value is -3.20. The van der Waals surface area contributed by atoms with Gasteiger partial charge in [0.1, 0.15) is 17.6 Å². The normalized spacial score (nSPS) is 16.5. The first-order valence-corrected chi connectivity index (χ1v) is 8.61. The minimum absolute atomic E-state index is 0.0328. The molecule has 0 saturated carbocycles. The number of nitrogens with zero attached hydrogens (tertiary/aromatic N) is 1. The van der Waals surface area contributed by atoms with Crippen LogP contribution in [0.15, 0.2) is 52.1 Å². The maximum atomic E-state index is 12.4. The van der Waals surface area contributed by atoms with Crippen LogP contribution >= 0.6 is 12.2 Å². The molecule has 1 atom stereocenters. The third-order valence-electron chi connectivity index (χ3n) is 4.02. The van der Waals surface area contributed by atoms with E-state index in [9.17, 15) is 14.9 Å². The summed E-state index contributed by atoms with van der Waals surface area (Å²) >= 11 is 5.18. The van der Waals surface area contributed by atoms with E-state index in [4.69, 9.17) is 21.4 Å². The van der Waals surface area contributed by atoms with Crippen molar-refractivity contribution >= 4 is 29.0 Å². The van der Waals surface area contributed by atoms with Gasteiger partial charge in [0.2, 0.25) is 0 Å². The van der Waals surface area contributed by atoms with Crippen molar-refractivity contribution in [3.8, 4) is 11.3 Å². The van der Waals surface area contributed by atoms with Gasteiger partial charge in [0.25, 0.3) is 5.69 Å². The SMILES string of the molecule is CCOC(=O)C1=C(C)NC(=S)N[C@H]1c1ccc(-c2cccc([N+](=O)[O-])c2)o1. The first-order chi connectivity index (χ1) is 12.9. The van der Waals surface area contributed by atoms with Crippen LogP contribution in [0.4, 0.5) is 5.69 Å². The van der Waals surface area contributed by atoms with Gasteiger partial charge < -0.3 is 19.8 Å². The lowest BCUT2D eigenvalue weighted by molar-refractivity contribution is -0.384. The molecule has 1 aliphatic heterocycles. The molecule has 2 N–H and O–H groups in total. The topological polar surface area (TPSA) is 107 Å². The lowest BCUT2D eigenvalue weighted by Crippen LogP contribution is -2.45. The molecule has 0 unspecified atom stereocenters. The molecule has 27 heavy (non-hydrogen) atoms. The van der Waals surface area contributed by atoms with Crippen molar-refractivity contribution in [3.63, 3.8) is 0 Å². The Morgan fingerprint density at radius 1 is 1.37 bits per heavy atom. The molecule has 0 saturated heterocycles. The highest BCUT2D eigenvalue weighted by atomic mass is 32.1. The third kappa shape index (κ3) is 3.82. The van der Waals surface area contributed by atoms with Gasteiger partial charge in [-0.3, -0.25) is 10.1 Å². The Bertz CT molecular complexity index is 950. The predicted molar refractivity (Wildman–Crippen MR) is 102 cm³/mol. The number of furan rings is 1. The highest BCUT2D eigenvalue weighted by molar-refractivity contribution is 7.80. The number of rotatable bonds is 5. The summed E-state index contributed by atoms with van der Waals surface area (Å²) in [6, 6.07) is 8.91. The minimum atomic E-state index is -0.620. The number of hydrogen-bond acceptors (Lipinski definition) is 6. The molecular weight excluding hydrogens is 370 g/mol. The number of non-ortho nitro benzene ring substituents is 1. The average molecular weight is 387 g/mol. The zero-order valence-electron chi connectivity index (χ0n) is 14.6. The number of thiocarbonyl (C=S) groups is 1.